The van der Waals surface area contributed by atoms with Crippen molar-refractivity contribution in [2.75, 3.05) is 13.2 Å². The van der Waals surface area contributed by atoms with E-state index in [-0.39, 0.29) is 6.61 Å². The molecule has 3 heterocycles. The number of hydrogen-bond acceptors (Lipinski definition) is 4. The molecule has 1 atom stereocenters. The molecular formula is C15H20N4O. The first kappa shape index (κ1) is 13.3. The molecule has 2 aromatic rings. The van der Waals surface area contributed by atoms with Gasteiger partial charge in [-0.15, -0.1) is 0 Å². The van der Waals surface area contributed by atoms with Gasteiger partial charge in [-0.2, -0.15) is 5.10 Å². The molecule has 20 heavy (non-hydrogen) atoms. The van der Waals surface area contributed by atoms with E-state index in [2.05, 4.69) is 38.3 Å². The minimum atomic E-state index is 0.160. The van der Waals surface area contributed by atoms with Gasteiger partial charge in [-0.25, -0.2) is 0 Å². The molecule has 5 nitrogen and oxygen atoms in total. The van der Waals surface area contributed by atoms with Gasteiger partial charge in [0.15, 0.2) is 0 Å². The molecule has 0 bridgehead atoms. The second-order valence-corrected chi connectivity index (χ2v) is 5.28. The summed E-state index contributed by atoms with van der Waals surface area (Å²) in [6.07, 6.45) is 6.68. The van der Waals surface area contributed by atoms with Crippen LogP contribution >= 0.6 is 0 Å². The third-order valence-electron chi connectivity index (χ3n) is 3.87. The van der Waals surface area contributed by atoms with Crippen LogP contribution in [0.4, 0.5) is 0 Å². The van der Waals surface area contributed by atoms with Gasteiger partial charge in [0.1, 0.15) is 0 Å². The lowest BCUT2D eigenvalue weighted by atomic mass is 10.1. The quantitative estimate of drug-likeness (QED) is 0.869. The topological polar surface area (TPSA) is 65.0 Å². The third kappa shape index (κ3) is 2.89. The molecule has 0 aliphatic carbocycles. The minimum Gasteiger partial charge on any atom is -0.396 e. The molecule has 5 heteroatoms. The van der Waals surface area contributed by atoms with Gasteiger partial charge < -0.3 is 5.11 Å². The molecule has 0 unspecified atom stereocenters. The Morgan fingerprint density at radius 1 is 1.35 bits per heavy atom. The Labute approximate surface area is 118 Å². The van der Waals surface area contributed by atoms with Crippen molar-refractivity contribution in [1.29, 1.82) is 0 Å². The van der Waals surface area contributed by atoms with Gasteiger partial charge in [-0.05, 0) is 43.1 Å². The van der Waals surface area contributed by atoms with Crippen LogP contribution in [0.1, 0.15) is 35.8 Å². The van der Waals surface area contributed by atoms with Crippen LogP contribution < -0.4 is 0 Å². The summed E-state index contributed by atoms with van der Waals surface area (Å²) in [4.78, 5) is 6.53. The Hall–Kier alpha value is -1.72. The molecule has 3 rings (SSSR count). The fourth-order valence-electron chi connectivity index (χ4n) is 2.87. The summed E-state index contributed by atoms with van der Waals surface area (Å²) in [5, 5.41) is 16.4. The van der Waals surface area contributed by atoms with Crippen molar-refractivity contribution in [3.63, 3.8) is 0 Å². The van der Waals surface area contributed by atoms with E-state index in [1.807, 2.05) is 12.4 Å². The predicted molar refractivity (Wildman–Crippen MR) is 76.0 cm³/mol. The Morgan fingerprint density at radius 2 is 2.20 bits per heavy atom. The molecule has 2 N–H and O–H groups in total. The second-order valence-electron chi connectivity index (χ2n) is 5.28. The number of nitrogens with one attached hydrogen (secondary N) is 1. The van der Waals surface area contributed by atoms with E-state index in [1.165, 1.54) is 12.0 Å². The summed E-state index contributed by atoms with van der Waals surface area (Å²) in [7, 11) is 0. The molecule has 0 saturated carbocycles. The molecule has 106 valence electrons. The highest BCUT2D eigenvalue weighted by Gasteiger charge is 2.27. The number of nitrogens with zero attached hydrogens (tertiary/aromatic N) is 3. The Kier molecular flexibility index (Phi) is 4.08. The Balaban J connectivity index is 1.71. The average molecular weight is 272 g/mol. The van der Waals surface area contributed by atoms with Crippen molar-refractivity contribution in [2.45, 2.75) is 31.8 Å². The lowest BCUT2D eigenvalue weighted by Crippen LogP contribution is -2.23. The fraction of sp³-hybridized carbons (Fsp3) is 0.467. The standard InChI is InChI=1S/C15H20N4O/c20-9-5-13-10-14(18-17-13)15-2-1-8-19(15)11-12-3-6-16-7-4-12/h3-4,6-7,10,15,20H,1-2,5,8-9,11H2,(H,17,18)/t15-/m0/s1. The van der Waals surface area contributed by atoms with Gasteiger partial charge >= 0.3 is 0 Å². The molecule has 0 amide bonds. The molecule has 2 aromatic heterocycles. The average Bonchev–Trinajstić information content (AvgIpc) is 3.09. The minimum absolute atomic E-state index is 0.160. The van der Waals surface area contributed by atoms with E-state index < -0.39 is 0 Å². The van der Waals surface area contributed by atoms with Crippen molar-refractivity contribution in [1.82, 2.24) is 20.1 Å². The number of hydrogen-bond donors (Lipinski definition) is 2. The van der Waals surface area contributed by atoms with Crippen LogP contribution in [-0.4, -0.2) is 38.3 Å². The zero-order chi connectivity index (χ0) is 13.8. The van der Waals surface area contributed by atoms with Crippen LogP contribution in [0, 0.1) is 0 Å². The van der Waals surface area contributed by atoms with E-state index >= 15 is 0 Å². The summed E-state index contributed by atoms with van der Waals surface area (Å²) in [5.74, 6) is 0. The molecular weight excluding hydrogens is 252 g/mol. The first-order valence-electron chi connectivity index (χ1n) is 7.15. The van der Waals surface area contributed by atoms with Crippen molar-refractivity contribution >= 4 is 0 Å². The number of aliphatic hydroxyl groups is 1. The number of rotatable bonds is 5. The van der Waals surface area contributed by atoms with E-state index in [0.29, 0.717) is 12.5 Å². The molecule has 1 aliphatic rings. The van der Waals surface area contributed by atoms with Crippen molar-refractivity contribution in [3.8, 4) is 0 Å². The van der Waals surface area contributed by atoms with Crippen LogP contribution in [0.15, 0.2) is 30.6 Å². The molecule has 0 radical (unpaired) electrons. The monoisotopic (exact) mass is 272 g/mol. The maximum Gasteiger partial charge on any atom is 0.0796 e. The zero-order valence-electron chi connectivity index (χ0n) is 11.5. The third-order valence-corrected chi connectivity index (χ3v) is 3.87. The molecule has 0 aromatic carbocycles. The first-order chi connectivity index (χ1) is 9.86. The highest BCUT2D eigenvalue weighted by atomic mass is 16.3. The van der Waals surface area contributed by atoms with Gasteiger partial charge in [-0.1, -0.05) is 0 Å². The van der Waals surface area contributed by atoms with Crippen LogP contribution in [-0.2, 0) is 13.0 Å². The number of aromatic amines is 1. The van der Waals surface area contributed by atoms with E-state index in [4.69, 9.17) is 5.11 Å². The second kappa shape index (κ2) is 6.15. The van der Waals surface area contributed by atoms with E-state index in [0.717, 1.165) is 30.9 Å². The van der Waals surface area contributed by atoms with Crippen molar-refractivity contribution < 1.29 is 5.11 Å². The van der Waals surface area contributed by atoms with Crippen LogP contribution in [0.3, 0.4) is 0 Å². The molecule has 1 fully saturated rings. The Morgan fingerprint density at radius 3 is 3.00 bits per heavy atom. The summed E-state index contributed by atoms with van der Waals surface area (Å²) < 4.78 is 0. The van der Waals surface area contributed by atoms with E-state index in [1.54, 1.807) is 0 Å². The predicted octanol–water partition coefficient (Wildman–Crippen LogP) is 1.68. The van der Waals surface area contributed by atoms with Crippen LogP contribution in [0.25, 0.3) is 0 Å². The highest BCUT2D eigenvalue weighted by Crippen LogP contribution is 2.32. The van der Waals surface area contributed by atoms with Gasteiger partial charge in [-0.3, -0.25) is 15.0 Å². The summed E-state index contributed by atoms with van der Waals surface area (Å²) in [6, 6.07) is 6.60. The smallest absolute Gasteiger partial charge is 0.0796 e. The summed E-state index contributed by atoms with van der Waals surface area (Å²) >= 11 is 0. The fourth-order valence-corrected chi connectivity index (χ4v) is 2.87. The molecule has 1 aliphatic heterocycles. The van der Waals surface area contributed by atoms with Gasteiger partial charge in [0, 0.05) is 37.7 Å². The number of H-pyrrole nitrogens is 1. The van der Waals surface area contributed by atoms with Crippen LogP contribution in [0.2, 0.25) is 0 Å². The van der Waals surface area contributed by atoms with Gasteiger partial charge in [0.2, 0.25) is 0 Å². The lowest BCUT2D eigenvalue weighted by Gasteiger charge is -2.22. The summed E-state index contributed by atoms with van der Waals surface area (Å²) in [6.45, 7) is 2.21. The largest absolute Gasteiger partial charge is 0.396 e. The first-order valence-corrected chi connectivity index (χ1v) is 7.15. The van der Waals surface area contributed by atoms with E-state index in [9.17, 15) is 0 Å². The number of pyridine rings is 1. The van der Waals surface area contributed by atoms with Crippen molar-refractivity contribution in [2.24, 2.45) is 0 Å². The SMILES string of the molecule is OCCc1cc([C@@H]2CCCN2Cc2ccncc2)n[nH]1. The Bertz CT molecular complexity index is 540. The number of likely N-dealkylation sites (tertiary alicyclic amines) is 1. The maximum atomic E-state index is 8.98. The molecule has 0 spiro atoms. The highest BCUT2D eigenvalue weighted by molar-refractivity contribution is 5.16. The summed E-state index contributed by atoms with van der Waals surface area (Å²) in [5.41, 5.74) is 3.40. The zero-order valence-corrected chi connectivity index (χ0v) is 11.5. The normalized spacial score (nSPS) is 19.6. The number of aromatic nitrogens is 3. The maximum absolute atomic E-state index is 8.98. The van der Waals surface area contributed by atoms with Gasteiger partial charge in [0.05, 0.1) is 11.7 Å². The number of aliphatic hydroxyl groups excluding tert-OH is 1. The van der Waals surface area contributed by atoms with Gasteiger partial charge in [0.25, 0.3) is 0 Å². The lowest BCUT2D eigenvalue weighted by molar-refractivity contribution is 0.244. The van der Waals surface area contributed by atoms with Crippen LogP contribution in [0.5, 0.6) is 0 Å². The van der Waals surface area contributed by atoms with Crippen molar-refractivity contribution in [3.05, 3.63) is 47.5 Å². The molecule has 1 saturated heterocycles.